The van der Waals surface area contributed by atoms with Crippen molar-refractivity contribution in [2.75, 3.05) is 26.3 Å². The van der Waals surface area contributed by atoms with E-state index in [1.807, 2.05) is 11.8 Å². The number of morpholine rings is 1. The molecule has 0 spiro atoms. The van der Waals surface area contributed by atoms with Gasteiger partial charge in [0.15, 0.2) is 5.82 Å². The van der Waals surface area contributed by atoms with Gasteiger partial charge < -0.3 is 4.74 Å². The highest BCUT2D eigenvalue weighted by atomic mass is 32.2. The third-order valence-corrected chi connectivity index (χ3v) is 5.24. The second-order valence-electron chi connectivity index (χ2n) is 5.39. The molecule has 1 unspecified atom stereocenters. The number of aromatic nitrogens is 3. The first-order valence-electron chi connectivity index (χ1n) is 7.33. The van der Waals surface area contributed by atoms with Gasteiger partial charge in [-0.2, -0.15) is 0 Å². The highest BCUT2D eigenvalue weighted by Crippen LogP contribution is 2.36. The van der Waals surface area contributed by atoms with Crippen LogP contribution in [0.25, 0.3) is 5.69 Å². The van der Waals surface area contributed by atoms with Crippen LogP contribution in [0.5, 0.6) is 0 Å². The maximum Gasteiger partial charge on any atom is 0.154 e. The summed E-state index contributed by atoms with van der Waals surface area (Å²) in [5, 5.41) is 8.89. The highest BCUT2D eigenvalue weighted by molar-refractivity contribution is 7.98. The number of hydrogen-bond acceptors (Lipinski definition) is 5. The van der Waals surface area contributed by atoms with Gasteiger partial charge in [-0.3, -0.25) is 9.47 Å². The molecule has 0 aliphatic carbocycles. The minimum absolute atomic E-state index is 0.256. The number of para-hydroxylation sites is 1. The molecular formula is C15H18N4OS. The summed E-state index contributed by atoms with van der Waals surface area (Å²) in [5.41, 5.74) is 1.21. The molecule has 2 aromatic rings. The zero-order chi connectivity index (χ0) is 14.2. The van der Waals surface area contributed by atoms with Gasteiger partial charge in [-0.25, -0.2) is 0 Å². The van der Waals surface area contributed by atoms with Crippen LogP contribution in [0.3, 0.4) is 0 Å². The van der Waals surface area contributed by atoms with Gasteiger partial charge in [0.2, 0.25) is 0 Å². The van der Waals surface area contributed by atoms with Crippen LogP contribution < -0.4 is 0 Å². The van der Waals surface area contributed by atoms with Crippen LogP contribution in [-0.2, 0) is 10.5 Å². The fraction of sp³-hybridized carbons (Fsp3) is 0.467. The molecule has 1 saturated heterocycles. The molecule has 1 atom stereocenters. The first kappa shape index (κ1) is 13.3. The molecule has 110 valence electrons. The SMILES string of the molecule is CC(c1nnc2n1-c1ccccc1SC2)N1CCOCC1. The zero-order valence-corrected chi connectivity index (χ0v) is 12.8. The number of ether oxygens (including phenoxy) is 1. The van der Waals surface area contributed by atoms with E-state index >= 15 is 0 Å². The largest absolute Gasteiger partial charge is 0.379 e. The normalized spacial score (nSPS) is 19.9. The lowest BCUT2D eigenvalue weighted by Crippen LogP contribution is -2.39. The Labute approximate surface area is 128 Å². The molecule has 0 saturated carbocycles. The number of hydrogen-bond donors (Lipinski definition) is 0. The summed E-state index contributed by atoms with van der Waals surface area (Å²) in [6.45, 7) is 5.74. The van der Waals surface area contributed by atoms with E-state index in [-0.39, 0.29) is 6.04 Å². The number of fused-ring (bicyclic) bond motifs is 3. The highest BCUT2D eigenvalue weighted by Gasteiger charge is 2.28. The molecule has 6 heteroatoms. The Bertz CT molecular complexity index is 651. The third kappa shape index (κ3) is 2.27. The predicted octanol–water partition coefficient (Wildman–Crippen LogP) is 2.27. The van der Waals surface area contributed by atoms with E-state index in [0.717, 1.165) is 43.7 Å². The first-order valence-corrected chi connectivity index (χ1v) is 8.31. The molecule has 0 bridgehead atoms. The maximum absolute atomic E-state index is 5.45. The van der Waals surface area contributed by atoms with Crippen molar-refractivity contribution in [2.24, 2.45) is 0 Å². The van der Waals surface area contributed by atoms with Gasteiger partial charge >= 0.3 is 0 Å². The first-order chi connectivity index (χ1) is 10.3. The van der Waals surface area contributed by atoms with Crippen LogP contribution in [0, 0.1) is 0 Å². The molecule has 21 heavy (non-hydrogen) atoms. The molecule has 2 aliphatic heterocycles. The van der Waals surface area contributed by atoms with E-state index in [0.29, 0.717) is 0 Å². The van der Waals surface area contributed by atoms with Crippen LogP contribution in [0.1, 0.15) is 24.6 Å². The van der Waals surface area contributed by atoms with Gasteiger partial charge in [0.25, 0.3) is 0 Å². The smallest absolute Gasteiger partial charge is 0.154 e. The molecule has 0 amide bonds. The van der Waals surface area contributed by atoms with Crippen molar-refractivity contribution in [3.63, 3.8) is 0 Å². The fourth-order valence-corrected chi connectivity index (χ4v) is 3.94. The Morgan fingerprint density at radius 3 is 2.86 bits per heavy atom. The molecule has 4 rings (SSSR count). The predicted molar refractivity (Wildman–Crippen MR) is 81.7 cm³/mol. The van der Waals surface area contributed by atoms with E-state index < -0.39 is 0 Å². The minimum Gasteiger partial charge on any atom is -0.379 e. The topological polar surface area (TPSA) is 43.2 Å². The summed E-state index contributed by atoms with van der Waals surface area (Å²) in [6, 6.07) is 8.76. The van der Waals surface area contributed by atoms with Gasteiger partial charge in [0.1, 0.15) is 5.82 Å². The summed E-state index contributed by atoms with van der Waals surface area (Å²) in [6.07, 6.45) is 0. The molecule has 5 nitrogen and oxygen atoms in total. The average molecular weight is 302 g/mol. The van der Waals surface area contributed by atoms with Gasteiger partial charge in [0.05, 0.1) is 30.7 Å². The van der Waals surface area contributed by atoms with Crippen molar-refractivity contribution in [1.29, 1.82) is 0 Å². The summed E-state index contributed by atoms with van der Waals surface area (Å²) >= 11 is 1.84. The van der Waals surface area contributed by atoms with Crippen LogP contribution >= 0.6 is 11.8 Å². The van der Waals surface area contributed by atoms with Crippen LogP contribution in [0.15, 0.2) is 29.2 Å². The minimum atomic E-state index is 0.256. The Balaban J connectivity index is 1.74. The van der Waals surface area contributed by atoms with Gasteiger partial charge in [-0.05, 0) is 19.1 Å². The second kappa shape index (κ2) is 5.44. The van der Waals surface area contributed by atoms with Gasteiger partial charge in [0, 0.05) is 18.0 Å². The Kier molecular flexibility index (Phi) is 3.45. The second-order valence-corrected chi connectivity index (χ2v) is 6.41. The van der Waals surface area contributed by atoms with E-state index in [2.05, 4.69) is 50.9 Å². The number of rotatable bonds is 2. The van der Waals surface area contributed by atoms with Crippen LogP contribution in [0.4, 0.5) is 0 Å². The summed E-state index contributed by atoms with van der Waals surface area (Å²) < 4.78 is 7.69. The molecule has 1 aromatic heterocycles. The van der Waals surface area contributed by atoms with E-state index in [1.54, 1.807) is 0 Å². The molecule has 0 N–H and O–H groups in total. The monoisotopic (exact) mass is 302 g/mol. The lowest BCUT2D eigenvalue weighted by Gasteiger charge is -2.32. The lowest BCUT2D eigenvalue weighted by atomic mass is 10.2. The van der Waals surface area contributed by atoms with Crippen molar-refractivity contribution >= 4 is 11.8 Å². The van der Waals surface area contributed by atoms with Crippen molar-refractivity contribution in [1.82, 2.24) is 19.7 Å². The zero-order valence-electron chi connectivity index (χ0n) is 12.0. The van der Waals surface area contributed by atoms with E-state index in [1.165, 1.54) is 10.6 Å². The Morgan fingerprint density at radius 2 is 2.00 bits per heavy atom. The van der Waals surface area contributed by atoms with Crippen molar-refractivity contribution < 1.29 is 4.74 Å². The third-order valence-electron chi connectivity index (χ3n) is 4.19. The molecule has 1 fully saturated rings. The van der Waals surface area contributed by atoms with Crippen molar-refractivity contribution in [3.05, 3.63) is 35.9 Å². The quantitative estimate of drug-likeness (QED) is 0.851. The molecule has 2 aliphatic rings. The summed E-state index contributed by atoms with van der Waals surface area (Å²) in [7, 11) is 0. The average Bonchev–Trinajstić information content (AvgIpc) is 2.99. The van der Waals surface area contributed by atoms with Crippen LogP contribution in [0.2, 0.25) is 0 Å². The maximum atomic E-state index is 5.45. The van der Waals surface area contributed by atoms with E-state index in [9.17, 15) is 0 Å². The number of benzene rings is 1. The number of thioether (sulfide) groups is 1. The Morgan fingerprint density at radius 1 is 1.19 bits per heavy atom. The molecule has 0 radical (unpaired) electrons. The van der Waals surface area contributed by atoms with Gasteiger partial charge in [-0.1, -0.05) is 12.1 Å². The van der Waals surface area contributed by atoms with Crippen LogP contribution in [-0.4, -0.2) is 46.0 Å². The summed E-state index contributed by atoms with van der Waals surface area (Å²) in [5.74, 6) is 2.98. The summed E-state index contributed by atoms with van der Waals surface area (Å²) in [4.78, 5) is 3.73. The standard InChI is InChI=1S/C15H18N4OS/c1-11(18-6-8-20-9-7-18)15-17-16-14-10-21-13-5-3-2-4-12(13)19(14)15/h2-5,11H,6-10H2,1H3. The van der Waals surface area contributed by atoms with Crippen molar-refractivity contribution in [3.8, 4) is 5.69 Å². The fourth-order valence-electron chi connectivity index (χ4n) is 2.99. The molecular weight excluding hydrogens is 284 g/mol. The lowest BCUT2D eigenvalue weighted by molar-refractivity contribution is 0.0178. The number of nitrogens with zero attached hydrogens (tertiary/aromatic N) is 4. The Hall–Kier alpha value is -1.37. The van der Waals surface area contributed by atoms with E-state index in [4.69, 9.17) is 4.74 Å². The molecule has 3 heterocycles. The van der Waals surface area contributed by atoms with Gasteiger partial charge in [-0.15, -0.1) is 22.0 Å². The van der Waals surface area contributed by atoms with Crippen molar-refractivity contribution in [2.45, 2.75) is 23.6 Å². The molecule has 1 aromatic carbocycles.